The first kappa shape index (κ1) is 14.7. The first-order chi connectivity index (χ1) is 7.67. The number of carbonyl (C=O) groups is 2. The van der Waals surface area contributed by atoms with Crippen LogP contribution in [0.15, 0.2) is 12.7 Å². The molecule has 0 aromatic rings. The largest absolute Gasteiger partial charge is 0.483 e. The quantitative estimate of drug-likeness (QED) is 0.454. The van der Waals surface area contributed by atoms with E-state index in [9.17, 15) is 4.79 Å². The number of allylic oxidation sites excluding steroid dienone is 1. The van der Waals surface area contributed by atoms with E-state index in [-0.39, 0.29) is 6.47 Å². The van der Waals surface area contributed by atoms with E-state index in [4.69, 9.17) is 9.90 Å². The highest BCUT2D eigenvalue weighted by atomic mass is 16.3. The Bertz CT molecular complexity index is 228. The number of rotatable bonds is 4. The van der Waals surface area contributed by atoms with Crippen LogP contribution in [-0.2, 0) is 9.59 Å². The van der Waals surface area contributed by atoms with Gasteiger partial charge in [0.1, 0.15) is 0 Å². The van der Waals surface area contributed by atoms with E-state index in [0.717, 1.165) is 19.4 Å². The van der Waals surface area contributed by atoms with Crippen LogP contribution in [0.5, 0.6) is 0 Å². The first-order valence-corrected chi connectivity index (χ1v) is 5.65. The van der Waals surface area contributed by atoms with E-state index in [2.05, 4.69) is 13.5 Å². The molecule has 1 aliphatic rings. The van der Waals surface area contributed by atoms with Gasteiger partial charge in [-0.2, -0.15) is 0 Å². The van der Waals surface area contributed by atoms with Crippen molar-refractivity contribution >= 4 is 12.4 Å². The molecule has 16 heavy (non-hydrogen) atoms. The fourth-order valence-electron chi connectivity index (χ4n) is 1.85. The number of hydrogen-bond acceptors (Lipinski definition) is 2. The lowest BCUT2D eigenvalue weighted by molar-refractivity contribution is -0.131. The van der Waals surface area contributed by atoms with Crippen molar-refractivity contribution in [1.82, 2.24) is 4.90 Å². The van der Waals surface area contributed by atoms with Gasteiger partial charge >= 0.3 is 0 Å². The molecule has 1 aliphatic heterocycles. The Balaban J connectivity index is 0.000000673. The second kappa shape index (κ2) is 8.95. The van der Waals surface area contributed by atoms with Crippen molar-refractivity contribution < 1.29 is 14.7 Å². The zero-order valence-corrected chi connectivity index (χ0v) is 9.89. The molecule has 0 aromatic carbocycles. The van der Waals surface area contributed by atoms with E-state index in [0.29, 0.717) is 18.4 Å². The van der Waals surface area contributed by atoms with Gasteiger partial charge in [0.05, 0.1) is 0 Å². The summed E-state index contributed by atoms with van der Waals surface area (Å²) in [5.41, 5.74) is 0. The van der Waals surface area contributed by atoms with E-state index in [1.807, 2.05) is 11.0 Å². The maximum absolute atomic E-state index is 11.6. The summed E-state index contributed by atoms with van der Waals surface area (Å²) in [5, 5.41) is 6.89. The van der Waals surface area contributed by atoms with Crippen LogP contribution in [0.2, 0.25) is 0 Å². The Labute approximate surface area is 96.9 Å². The lowest BCUT2D eigenvalue weighted by atomic mass is 10.2. The molecule has 0 aliphatic carbocycles. The fraction of sp³-hybridized carbons (Fsp3) is 0.667. The average molecular weight is 227 g/mol. The van der Waals surface area contributed by atoms with Gasteiger partial charge in [-0.1, -0.05) is 6.08 Å². The number of carboxylic acid groups (broad SMARTS) is 1. The third kappa shape index (κ3) is 5.53. The summed E-state index contributed by atoms with van der Waals surface area (Å²) in [7, 11) is 0. The Kier molecular flexibility index (Phi) is 8.21. The molecule has 1 N–H and O–H groups in total. The predicted molar refractivity (Wildman–Crippen MR) is 63.1 cm³/mol. The maximum Gasteiger partial charge on any atom is 0.290 e. The van der Waals surface area contributed by atoms with Crippen LogP contribution in [0.4, 0.5) is 0 Å². The van der Waals surface area contributed by atoms with Crippen molar-refractivity contribution in [2.45, 2.75) is 45.1 Å². The average Bonchev–Trinajstić information content (AvgIpc) is 2.66. The number of unbranched alkanes of at least 4 members (excludes halogenated alkanes) is 1. The van der Waals surface area contributed by atoms with Crippen molar-refractivity contribution in [3.05, 3.63) is 12.7 Å². The van der Waals surface area contributed by atoms with E-state index in [1.165, 1.54) is 12.8 Å². The molecule has 1 unspecified atom stereocenters. The molecule has 1 atom stereocenters. The molecule has 0 radical (unpaired) electrons. The second-order valence-electron chi connectivity index (χ2n) is 3.86. The Hall–Kier alpha value is -1.32. The standard InChI is InChI=1S/C11H19NO.CH2O2/c1-3-4-5-8-11(13)12-9-6-7-10(12)2;2-1-3/h3,10H,1,4-9H2,2H3;1H,(H,2,3). The van der Waals surface area contributed by atoms with Crippen LogP contribution in [-0.4, -0.2) is 35.0 Å². The number of likely N-dealkylation sites (tertiary alicyclic amines) is 1. The van der Waals surface area contributed by atoms with Crippen molar-refractivity contribution in [2.24, 2.45) is 0 Å². The number of amides is 1. The third-order valence-electron chi connectivity index (χ3n) is 2.67. The lowest BCUT2D eigenvalue weighted by Crippen LogP contribution is -2.33. The number of nitrogens with zero attached hydrogens (tertiary/aromatic N) is 1. The zero-order valence-electron chi connectivity index (χ0n) is 9.89. The van der Waals surface area contributed by atoms with Gasteiger partial charge in [0.15, 0.2) is 0 Å². The van der Waals surface area contributed by atoms with Crippen LogP contribution in [0.25, 0.3) is 0 Å². The van der Waals surface area contributed by atoms with Crippen molar-refractivity contribution in [3.8, 4) is 0 Å². The Morgan fingerprint density at radius 1 is 1.62 bits per heavy atom. The van der Waals surface area contributed by atoms with Crippen LogP contribution in [0.3, 0.4) is 0 Å². The Morgan fingerprint density at radius 3 is 2.69 bits per heavy atom. The zero-order chi connectivity index (χ0) is 12.4. The molecule has 92 valence electrons. The van der Waals surface area contributed by atoms with Gasteiger partial charge in [-0.15, -0.1) is 6.58 Å². The van der Waals surface area contributed by atoms with Gasteiger partial charge < -0.3 is 10.0 Å². The molecule has 4 nitrogen and oxygen atoms in total. The topological polar surface area (TPSA) is 57.6 Å². The van der Waals surface area contributed by atoms with Gasteiger partial charge in [-0.05, 0) is 32.6 Å². The van der Waals surface area contributed by atoms with Gasteiger partial charge in [-0.3, -0.25) is 9.59 Å². The summed E-state index contributed by atoms with van der Waals surface area (Å²) >= 11 is 0. The smallest absolute Gasteiger partial charge is 0.290 e. The van der Waals surface area contributed by atoms with Crippen LogP contribution in [0, 0.1) is 0 Å². The van der Waals surface area contributed by atoms with Crippen LogP contribution < -0.4 is 0 Å². The minimum Gasteiger partial charge on any atom is -0.483 e. The molecule has 1 amide bonds. The molecule has 1 fully saturated rings. The van der Waals surface area contributed by atoms with Gasteiger partial charge in [0.2, 0.25) is 5.91 Å². The van der Waals surface area contributed by atoms with Crippen molar-refractivity contribution in [2.75, 3.05) is 6.54 Å². The molecule has 0 spiro atoms. The maximum atomic E-state index is 11.6. The molecular formula is C12H21NO3. The normalized spacial score (nSPS) is 18.6. The van der Waals surface area contributed by atoms with Gasteiger partial charge in [-0.25, -0.2) is 0 Å². The summed E-state index contributed by atoms with van der Waals surface area (Å²) in [4.78, 5) is 22.0. The lowest BCUT2D eigenvalue weighted by Gasteiger charge is -2.21. The van der Waals surface area contributed by atoms with Gasteiger partial charge in [0.25, 0.3) is 6.47 Å². The van der Waals surface area contributed by atoms with E-state index >= 15 is 0 Å². The van der Waals surface area contributed by atoms with Crippen LogP contribution in [0.1, 0.15) is 39.0 Å². The molecular weight excluding hydrogens is 206 g/mol. The summed E-state index contributed by atoms with van der Waals surface area (Å²) in [6.07, 6.45) is 6.82. The Morgan fingerprint density at radius 2 is 2.25 bits per heavy atom. The second-order valence-corrected chi connectivity index (χ2v) is 3.86. The van der Waals surface area contributed by atoms with Crippen molar-refractivity contribution in [1.29, 1.82) is 0 Å². The molecule has 0 bridgehead atoms. The first-order valence-electron chi connectivity index (χ1n) is 5.65. The van der Waals surface area contributed by atoms with Crippen molar-refractivity contribution in [3.63, 3.8) is 0 Å². The highest BCUT2D eigenvalue weighted by Gasteiger charge is 2.23. The number of hydrogen-bond donors (Lipinski definition) is 1. The SMILES string of the molecule is C=CCCCC(=O)N1CCCC1C.O=CO. The van der Waals surface area contributed by atoms with E-state index < -0.39 is 0 Å². The molecule has 0 aromatic heterocycles. The summed E-state index contributed by atoms with van der Waals surface area (Å²) in [5.74, 6) is 0.326. The highest BCUT2D eigenvalue weighted by molar-refractivity contribution is 5.76. The minimum absolute atomic E-state index is 0.250. The molecule has 4 heteroatoms. The highest BCUT2D eigenvalue weighted by Crippen LogP contribution is 2.17. The third-order valence-corrected chi connectivity index (χ3v) is 2.67. The molecule has 1 heterocycles. The molecule has 1 saturated heterocycles. The fourth-order valence-corrected chi connectivity index (χ4v) is 1.85. The van der Waals surface area contributed by atoms with Gasteiger partial charge in [0, 0.05) is 19.0 Å². The van der Waals surface area contributed by atoms with Crippen LogP contribution >= 0.6 is 0 Å². The summed E-state index contributed by atoms with van der Waals surface area (Å²) in [6, 6.07) is 0.469. The monoisotopic (exact) mass is 227 g/mol. The summed E-state index contributed by atoms with van der Waals surface area (Å²) < 4.78 is 0. The summed E-state index contributed by atoms with van der Waals surface area (Å²) in [6.45, 7) is 6.50. The number of carbonyl (C=O) groups excluding carboxylic acids is 1. The molecule has 0 saturated carbocycles. The van der Waals surface area contributed by atoms with E-state index in [1.54, 1.807) is 0 Å². The minimum atomic E-state index is -0.250. The predicted octanol–water partition coefficient (Wildman–Crippen LogP) is 2.05. The molecule has 1 rings (SSSR count).